The molecule has 29 heavy (non-hydrogen) atoms. The molecule has 1 aromatic carbocycles. The largest absolute Gasteiger partial charge is 0.386 e. The lowest BCUT2D eigenvalue weighted by atomic mass is 9.87. The minimum atomic E-state index is -0.704. The molecule has 2 aliphatic heterocycles. The van der Waals surface area contributed by atoms with Gasteiger partial charge in [-0.3, -0.25) is 14.6 Å². The van der Waals surface area contributed by atoms with Gasteiger partial charge in [0.2, 0.25) is 0 Å². The quantitative estimate of drug-likeness (QED) is 0.860. The maximum Gasteiger partial charge on any atom is 0.269 e. The summed E-state index contributed by atoms with van der Waals surface area (Å²) in [7, 11) is 0. The van der Waals surface area contributed by atoms with E-state index in [0.717, 1.165) is 12.0 Å². The molecule has 7 nitrogen and oxygen atoms in total. The van der Waals surface area contributed by atoms with Gasteiger partial charge in [-0.25, -0.2) is 4.39 Å². The summed E-state index contributed by atoms with van der Waals surface area (Å²) in [5.41, 5.74) is 0.854. The molecule has 1 aromatic heterocycles. The molecule has 8 heteroatoms. The minimum Gasteiger partial charge on any atom is -0.386 e. The summed E-state index contributed by atoms with van der Waals surface area (Å²) in [6.07, 6.45) is 5.09. The van der Waals surface area contributed by atoms with Crippen LogP contribution in [-0.2, 0) is 16.2 Å². The van der Waals surface area contributed by atoms with Crippen molar-refractivity contribution in [3.63, 3.8) is 0 Å². The number of nitrogens with zero attached hydrogens (tertiary/aromatic N) is 3. The van der Waals surface area contributed by atoms with Gasteiger partial charge in [-0.2, -0.15) is 0 Å². The molecule has 1 fully saturated rings. The van der Waals surface area contributed by atoms with Crippen molar-refractivity contribution in [1.29, 1.82) is 0 Å². The van der Waals surface area contributed by atoms with Gasteiger partial charge in [0, 0.05) is 37.5 Å². The number of halogens is 1. The van der Waals surface area contributed by atoms with Crippen LogP contribution in [0.1, 0.15) is 35.2 Å². The fourth-order valence-electron chi connectivity index (χ4n) is 3.72. The fraction of sp³-hybridized carbons (Fsp3) is 0.333. The molecule has 2 amide bonds. The van der Waals surface area contributed by atoms with Crippen LogP contribution in [0.15, 0.2) is 53.9 Å². The second-order valence-electron chi connectivity index (χ2n) is 7.37. The summed E-state index contributed by atoms with van der Waals surface area (Å²) in [5, 5.41) is 6.83. The van der Waals surface area contributed by atoms with E-state index in [-0.39, 0.29) is 11.8 Å². The highest BCUT2D eigenvalue weighted by Crippen LogP contribution is 2.34. The van der Waals surface area contributed by atoms with Crippen LogP contribution in [0.5, 0.6) is 0 Å². The Balaban J connectivity index is 1.37. The SMILES string of the molecule is O=C(NCc1ccncc1)C1=NO[C@@]2(CCCN(C(=O)c3cccc(F)c3)C2)C1. The highest BCUT2D eigenvalue weighted by Gasteiger charge is 2.45. The number of piperidine rings is 1. The van der Waals surface area contributed by atoms with E-state index in [1.165, 1.54) is 18.2 Å². The van der Waals surface area contributed by atoms with Gasteiger partial charge in [-0.1, -0.05) is 11.2 Å². The van der Waals surface area contributed by atoms with Gasteiger partial charge in [0.15, 0.2) is 5.60 Å². The Morgan fingerprint density at radius 3 is 2.86 bits per heavy atom. The zero-order chi connectivity index (χ0) is 20.3. The number of aromatic nitrogens is 1. The third-order valence-electron chi connectivity index (χ3n) is 5.20. The van der Waals surface area contributed by atoms with Gasteiger partial charge in [0.25, 0.3) is 11.8 Å². The topological polar surface area (TPSA) is 83.9 Å². The van der Waals surface area contributed by atoms with Crippen LogP contribution in [0.25, 0.3) is 0 Å². The first-order chi connectivity index (χ1) is 14.0. The smallest absolute Gasteiger partial charge is 0.269 e. The molecule has 0 bridgehead atoms. The summed E-state index contributed by atoms with van der Waals surface area (Å²) in [6, 6.07) is 9.30. The number of hydrogen-bond acceptors (Lipinski definition) is 5. The average Bonchev–Trinajstić information content (AvgIpc) is 3.15. The van der Waals surface area contributed by atoms with Crippen molar-refractivity contribution >= 4 is 17.5 Å². The first-order valence-electron chi connectivity index (χ1n) is 9.52. The first-order valence-corrected chi connectivity index (χ1v) is 9.52. The standard InChI is InChI=1S/C21H21FN4O3/c22-17-4-1-3-16(11-17)20(28)26-10-2-7-21(14-26)12-18(25-29-21)19(27)24-13-15-5-8-23-9-6-15/h1,3-6,8-9,11H,2,7,10,12-14H2,(H,24,27)/t21-/m0/s1. The molecule has 0 aliphatic carbocycles. The van der Waals surface area contributed by atoms with Gasteiger partial charge >= 0.3 is 0 Å². The van der Waals surface area contributed by atoms with Crippen LogP contribution in [-0.4, -0.2) is 46.1 Å². The molecule has 2 aromatic rings. The van der Waals surface area contributed by atoms with E-state index in [9.17, 15) is 14.0 Å². The average molecular weight is 396 g/mol. The predicted octanol–water partition coefficient (Wildman–Crippen LogP) is 2.29. The summed E-state index contributed by atoms with van der Waals surface area (Å²) in [4.78, 5) is 36.5. The Kier molecular flexibility index (Phi) is 5.24. The summed E-state index contributed by atoms with van der Waals surface area (Å²) >= 11 is 0. The van der Waals surface area contributed by atoms with Crippen LogP contribution >= 0.6 is 0 Å². The lowest BCUT2D eigenvalue weighted by Crippen LogP contribution is -2.51. The molecule has 3 heterocycles. The number of carbonyl (C=O) groups is 2. The lowest BCUT2D eigenvalue weighted by molar-refractivity contribution is -0.115. The van der Waals surface area contributed by atoms with E-state index in [1.807, 2.05) is 12.1 Å². The molecule has 4 rings (SSSR count). The van der Waals surface area contributed by atoms with Crippen LogP contribution in [0, 0.1) is 5.82 Å². The zero-order valence-electron chi connectivity index (χ0n) is 15.8. The van der Waals surface area contributed by atoms with Gasteiger partial charge in [-0.05, 0) is 48.7 Å². The normalized spacial score (nSPS) is 20.9. The van der Waals surface area contributed by atoms with Gasteiger partial charge in [0.1, 0.15) is 11.5 Å². The van der Waals surface area contributed by atoms with Gasteiger partial charge < -0.3 is 15.1 Å². The second kappa shape index (κ2) is 7.98. The van der Waals surface area contributed by atoms with Crippen molar-refractivity contribution in [2.75, 3.05) is 13.1 Å². The first kappa shape index (κ1) is 19.0. The molecule has 0 unspecified atom stereocenters. The molecule has 2 aliphatic rings. The molecular formula is C21H21FN4O3. The number of benzene rings is 1. The minimum absolute atomic E-state index is 0.247. The van der Waals surface area contributed by atoms with Crippen LogP contribution in [0.4, 0.5) is 4.39 Å². The van der Waals surface area contributed by atoms with Crippen molar-refractivity contribution < 1.29 is 18.8 Å². The Labute approximate surface area is 167 Å². The second-order valence-corrected chi connectivity index (χ2v) is 7.37. The number of rotatable bonds is 4. The van der Waals surface area contributed by atoms with Crippen molar-refractivity contribution in [3.8, 4) is 0 Å². The molecule has 0 radical (unpaired) electrons. The van der Waals surface area contributed by atoms with Crippen molar-refractivity contribution in [2.24, 2.45) is 5.16 Å². The number of likely N-dealkylation sites (tertiary alicyclic amines) is 1. The monoisotopic (exact) mass is 396 g/mol. The molecule has 1 saturated heterocycles. The highest BCUT2D eigenvalue weighted by atomic mass is 19.1. The van der Waals surface area contributed by atoms with E-state index in [0.29, 0.717) is 43.8 Å². The number of hydrogen-bond donors (Lipinski definition) is 1. The summed E-state index contributed by atoms with van der Waals surface area (Å²) < 4.78 is 13.5. The third-order valence-corrected chi connectivity index (χ3v) is 5.20. The maximum absolute atomic E-state index is 13.5. The van der Waals surface area contributed by atoms with Crippen LogP contribution in [0.2, 0.25) is 0 Å². The number of carbonyl (C=O) groups excluding carboxylic acids is 2. The number of amides is 2. The number of pyridine rings is 1. The summed E-state index contributed by atoms with van der Waals surface area (Å²) in [6.45, 7) is 1.24. The Morgan fingerprint density at radius 1 is 1.24 bits per heavy atom. The molecular weight excluding hydrogens is 375 g/mol. The van der Waals surface area contributed by atoms with Gasteiger partial charge in [-0.15, -0.1) is 0 Å². The van der Waals surface area contributed by atoms with Crippen molar-refractivity contribution in [2.45, 2.75) is 31.4 Å². The van der Waals surface area contributed by atoms with E-state index in [4.69, 9.17) is 4.84 Å². The number of nitrogens with one attached hydrogen (secondary N) is 1. The highest BCUT2D eigenvalue weighted by molar-refractivity contribution is 6.39. The van der Waals surface area contributed by atoms with E-state index in [2.05, 4.69) is 15.5 Å². The van der Waals surface area contributed by atoms with E-state index < -0.39 is 11.4 Å². The van der Waals surface area contributed by atoms with Crippen molar-refractivity contribution in [3.05, 3.63) is 65.7 Å². The Morgan fingerprint density at radius 2 is 2.07 bits per heavy atom. The molecule has 1 spiro atoms. The predicted molar refractivity (Wildman–Crippen MR) is 103 cm³/mol. The molecule has 150 valence electrons. The Bertz CT molecular complexity index is 950. The lowest BCUT2D eigenvalue weighted by Gasteiger charge is -2.38. The molecule has 1 atom stereocenters. The zero-order valence-corrected chi connectivity index (χ0v) is 15.8. The summed E-state index contributed by atoms with van der Waals surface area (Å²) in [5.74, 6) is -0.980. The Hall–Kier alpha value is -3.29. The third kappa shape index (κ3) is 4.26. The van der Waals surface area contributed by atoms with Gasteiger partial charge in [0.05, 0.1) is 6.54 Å². The fourth-order valence-corrected chi connectivity index (χ4v) is 3.72. The van der Waals surface area contributed by atoms with E-state index in [1.54, 1.807) is 23.4 Å². The maximum atomic E-state index is 13.5. The van der Waals surface area contributed by atoms with E-state index >= 15 is 0 Å². The van der Waals surface area contributed by atoms with Crippen LogP contribution < -0.4 is 5.32 Å². The molecule has 0 saturated carbocycles. The van der Waals surface area contributed by atoms with Crippen molar-refractivity contribution in [1.82, 2.24) is 15.2 Å². The van der Waals surface area contributed by atoms with Crippen LogP contribution in [0.3, 0.4) is 0 Å². The molecule has 1 N–H and O–H groups in total. The number of oxime groups is 1.